The molecule has 4 heteroatoms. The molecule has 1 heterocycles. The quantitative estimate of drug-likeness (QED) is 0.657. The summed E-state index contributed by atoms with van der Waals surface area (Å²) in [7, 11) is 2.22. The highest BCUT2D eigenvalue weighted by Gasteiger charge is 2.10. The topological polar surface area (TPSA) is 27.7 Å². The second-order valence-corrected chi connectivity index (χ2v) is 5.52. The highest BCUT2D eigenvalue weighted by atomic mass is 16.5. The molecule has 0 saturated carbocycles. The molecule has 1 fully saturated rings. The van der Waals surface area contributed by atoms with Crippen LogP contribution in [0.1, 0.15) is 26.7 Å². The first kappa shape index (κ1) is 15.9. The molecule has 1 saturated heterocycles. The van der Waals surface area contributed by atoms with Crippen molar-refractivity contribution in [3.8, 4) is 0 Å². The van der Waals surface area contributed by atoms with E-state index in [9.17, 15) is 0 Å². The molecule has 0 aromatic heterocycles. The Labute approximate surface area is 113 Å². The summed E-state index contributed by atoms with van der Waals surface area (Å²) in [6.45, 7) is 13.3. The summed E-state index contributed by atoms with van der Waals surface area (Å²) in [5.74, 6) is 0. The van der Waals surface area contributed by atoms with E-state index in [2.05, 4.69) is 36.0 Å². The van der Waals surface area contributed by atoms with Crippen LogP contribution in [0.25, 0.3) is 0 Å². The first-order chi connectivity index (χ1) is 8.68. The predicted molar refractivity (Wildman–Crippen MR) is 77.1 cm³/mol. The molecule has 0 bridgehead atoms. The van der Waals surface area contributed by atoms with Gasteiger partial charge < -0.3 is 19.9 Å². The summed E-state index contributed by atoms with van der Waals surface area (Å²) in [4.78, 5) is 5.00. The Balaban J connectivity index is 1.91. The van der Waals surface area contributed by atoms with Gasteiger partial charge in [-0.25, -0.2) is 0 Å². The summed E-state index contributed by atoms with van der Waals surface area (Å²) in [5, 5.41) is 3.50. The Kier molecular flexibility index (Phi) is 8.59. The summed E-state index contributed by atoms with van der Waals surface area (Å²) in [6.07, 6.45) is 2.78. The highest BCUT2D eigenvalue weighted by molar-refractivity contribution is 4.67. The SMILES string of the molecule is CC(C)OCCCNCCN1CCCN(C)CC1. The Morgan fingerprint density at radius 1 is 1.11 bits per heavy atom. The zero-order chi connectivity index (χ0) is 13.2. The minimum Gasteiger partial charge on any atom is -0.379 e. The molecular weight excluding hydrogens is 226 g/mol. The number of hydrogen-bond acceptors (Lipinski definition) is 4. The van der Waals surface area contributed by atoms with Crippen molar-refractivity contribution in [1.82, 2.24) is 15.1 Å². The molecule has 108 valence electrons. The molecule has 0 unspecified atom stereocenters. The van der Waals surface area contributed by atoms with Crippen molar-refractivity contribution in [2.75, 3.05) is 59.5 Å². The van der Waals surface area contributed by atoms with Crippen LogP contribution < -0.4 is 5.32 Å². The highest BCUT2D eigenvalue weighted by Crippen LogP contribution is 1.99. The monoisotopic (exact) mass is 257 g/mol. The van der Waals surface area contributed by atoms with Gasteiger partial charge >= 0.3 is 0 Å². The average molecular weight is 257 g/mol. The molecule has 1 aliphatic rings. The molecule has 0 radical (unpaired) electrons. The predicted octanol–water partition coefficient (Wildman–Crippen LogP) is 1.03. The van der Waals surface area contributed by atoms with Crippen molar-refractivity contribution < 1.29 is 4.74 Å². The van der Waals surface area contributed by atoms with Gasteiger partial charge in [0.15, 0.2) is 0 Å². The van der Waals surface area contributed by atoms with E-state index in [1.54, 1.807) is 0 Å². The second kappa shape index (κ2) is 9.73. The van der Waals surface area contributed by atoms with Crippen molar-refractivity contribution in [2.24, 2.45) is 0 Å². The van der Waals surface area contributed by atoms with Crippen LogP contribution in [0.4, 0.5) is 0 Å². The maximum absolute atomic E-state index is 5.51. The lowest BCUT2D eigenvalue weighted by molar-refractivity contribution is 0.0770. The summed E-state index contributed by atoms with van der Waals surface area (Å²) in [6, 6.07) is 0. The molecule has 0 aromatic carbocycles. The molecule has 1 N–H and O–H groups in total. The fourth-order valence-corrected chi connectivity index (χ4v) is 2.20. The van der Waals surface area contributed by atoms with Crippen molar-refractivity contribution in [2.45, 2.75) is 32.8 Å². The molecule has 0 aliphatic carbocycles. The van der Waals surface area contributed by atoms with Gasteiger partial charge in [-0.15, -0.1) is 0 Å². The van der Waals surface area contributed by atoms with E-state index < -0.39 is 0 Å². The normalized spacial score (nSPS) is 19.3. The molecule has 0 aromatic rings. The van der Waals surface area contributed by atoms with E-state index in [0.29, 0.717) is 6.10 Å². The van der Waals surface area contributed by atoms with Gasteiger partial charge in [0.25, 0.3) is 0 Å². The van der Waals surface area contributed by atoms with Crippen molar-refractivity contribution >= 4 is 0 Å². The largest absolute Gasteiger partial charge is 0.379 e. The smallest absolute Gasteiger partial charge is 0.0518 e. The van der Waals surface area contributed by atoms with Gasteiger partial charge in [-0.05, 0) is 53.4 Å². The maximum atomic E-state index is 5.51. The standard InChI is InChI=1S/C14H31N3O/c1-14(2)18-13-4-6-15-7-10-17-9-5-8-16(3)11-12-17/h14-15H,4-13H2,1-3H3. The van der Waals surface area contributed by atoms with Crippen molar-refractivity contribution in [3.05, 3.63) is 0 Å². The molecule has 4 nitrogen and oxygen atoms in total. The Bertz CT molecular complexity index is 199. The number of rotatable bonds is 8. The van der Waals surface area contributed by atoms with Crippen LogP contribution in [0.5, 0.6) is 0 Å². The van der Waals surface area contributed by atoms with E-state index in [4.69, 9.17) is 4.74 Å². The molecule has 1 rings (SSSR count). The van der Waals surface area contributed by atoms with Crippen molar-refractivity contribution in [1.29, 1.82) is 0 Å². The van der Waals surface area contributed by atoms with E-state index in [1.807, 2.05) is 0 Å². The van der Waals surface area contributed by atoms with Crippen LogP contribution in [0.3, 0.4) is 0 Å². The van der Waals surface area contributed by atoms with Gasteiger partial charge in [0, 0.05) is 32.8 Å². The number of ether oxygens (including phenoxy) is 1. The maximum Gasteiger partial charge on any atom is 0.0518 e. The zero-order valence-electron chi connectivity index (χ0n) is 12.5. The summed E-state index contributed by atoms with van der Waals surface area (Å²) in [5.41, 5.74) is 0. The molecule has 0 atom stereocenters. The van der Waals surface area contributed by atoms with Gasteiger partial charge in [0.2, 0.25) is 0 Å². The van der Waals surface area contributed by atoms with Gasteiger partial charge in [-0.2, -0.15) is 0 Å². The fraction of sp³-hybridized carbons (Fsp3) is 1.00. The molecule has 0 spiro atoms. The fourth-order valence-electron chi connectivity index (χ4n) is 2.20. The third-order valence-corrected chi connectivity index (χ3v) is 3.37. The van der Waals surface area contributed by atoms with Crippen molar-refractivity contribution in [3.63, 3.8) is 0 Å². The number of nitrogens with one attached hydrogen (secondary N) is 1. The van der Waals surface area contributed by atoms with Gasteiger partial charge in [-0.3, -0.25) is 0 Å². The molecule has 0 amide bonds. The first-order valence-electron chi connectivity index (χ1n) is 7.41. The number of nitrogens with zero attached hydrogens (tertiary/aromatic N) is 2. The minimum absolute atomic E-state index is 0.360. The average Bonchev–Trinajstić information content (AvgIpc) is 2.53. The molecular formula is C14H31N3O. The lowest BCUT2D eigenvalue weighted by Gasteiger charge is -2.20. The van der Waals surface area contributed by atoms with E-state index in [1.165, 1.54) is 39.1 Å². The van der Waals surface area contributed by atoms with Crippen LogP contribution in [0.2, 0.25) is 0 Å². The minimum atomic E-state index is 0.360. The van der Waals surface area contributed by atoms with Crippen LogP contribution in [0, 0.1) is 0 Å². The molecule has 18 heavy (non-hydrogen) atoms. The van der Waals surface area contributed by atoms with Gasteiger partial charge in [-0.1, -0.05) is 0 Å². The number of hydrogen-bond donors (Lipinski definition) is 1. The Morgan fingerprint density at radius 2 is 1.94 bits per heavy atom. The van der Waals surface area contributed by atoms with Gasteiger partial charge in [0.1, 0.15) is 0 Å². The molecule has 1 aliphatic heterocycles. The van der Waals surface area contributed by atoms with Crippen LogP contribution in [0.15, 0.2) is 0 Å². The summed E-state index contributed by atoms with van der Waals surface area (Å²) < 4.78 is 5.51. The Morgan fingerprint density at radius 3 is 2.72 bits per heavy atom. The third kappa shape index (κ3) is 8.03. The van der Waals surface area contributed by atoms with Gasteiger partial charge in [0.05, 0.1) is 6.10 Å². The lowest BCUT2D eigenvalue weighted by Crippen LogP contribution is -2.35. The summed E-state index contributed by atoms with van der Waals surface area (Å²) >= 11 is 0. The van der Waals surface area contributed by atoms with Crippen LogP contribution >= 0.6 is 0 Å². The first-order valence-corrected chi connectivity index (χ1v) is 7.41. The van der Waals surface area contributed by atoms with Crippen LogP contribution in [-0.2, 0) is 4.74 Å². The Hall–Kier alpha value is -0.160. The third-order valence-electron chi connectivity index (χ3n) is 3.37. The lowest BCUT2D eigenvalue weighted by atomic mass is 10.3. The zero-order valence-corrected chi connectivity index (χ0v) is 12.5. The van der Waals surface area contributed by atoms with E-state index in [-0.39, 0.29) is 0 Å². The van der Waals surface area contributed by atoms with Crippen LogP contribution in [-0.4, -0.2) is 75.4 Å². The van der Waals surface area contributed by atoms with E-state index >= 15 is 0 Å². The van der Waals surface area contributed by atoms with E-state index in [0.717, 1.165) is 26.1 Å². The number of likely N-dealkylation sites (N-methyl/N-ethyl adjacent to an activating group) is 1. The second-order valence-electron chi connectivity index (χ2n) is 5.52.